The second-order valence-electron chi connectivity index (χ2n) is 4.09. The zero-order valence-corrected chi connectivity index (χ0v) is 7.62. The standard InChI is InChI=1S/C10H14N2O/c11-6-5-10(13)12-9-4-3-8(9)7-1-2-7/h7-9H,1-5H2,(H,12,13). The van der Waals surface area contributed by atoms with E-state index in [4.69, 9.17) is 5.26 Å². The first-order valence-corrected chi connectivity index (χ1v) is 4.97. The number of hydrogen-bond donors (Lipinski definition) is 1. The van der Waals surface area contributed by atoms with Crippen molar-refractivity contribution in [2.24, 2.45) is 11.8 Å². The first kappa shape index (κ1) is 8.55. The van der Waals surface area contributed by atoms with Crippen LogP contribution in [0.4, 0.5) is 0 Å². The molecule has 0 saturated heterocycles. The molecule has 2 saturated carbocycles. The summed E-state index contributed by atoms with van der Waals surface area (Å²) in [5.41, 5.74) is 0. The molecule has 0 bridgehead atoms. The van der Waals surface area contributed by atoms with Crippen LogP contribution in [0, 0.1) is 23.2 Å². The average molecular weight is 178 g/mol. The van der Waals surface area contributed by atoms with Crippen molar-refractivity contribution in [2.75, 3.05) is 0 Å². The van der Waals surface area contributed by atoms with Gasteiger partial charge in [0.05, 0.1) is 6.07 Å². The van der Waals surface area contributed by atoms with Crippen LogP contribution in [0.2, 0.25) is 0 Å². The second kappa shape index (κ2) is 3.37. The molecular weight excluding hydrogens is 164 g/mol. The predicted molar refractivity (Wildman–Crippen MR) is 47.6 cm³/mol. The minimum absolute atomic E-state index is 0.00782. The normalized spacial score (nSPS) is 31.6. The van der Waals surface area contributed by atoms with Gasteiger partial charge < -0.3 is 5.32 Å². The fraction of sp³-hybridized carbons (Fsp3) is 0.800. The Morgan fingerprint density at radius 2 is 2.15 bits per heavy atom. The van der Waals surface area contributed by atoms with Gasteiger partial charge in [0, 0.05) is 6.04 Å². The van der Waals surface area contributed by atoms with Crippen LogP contribution in [0.3, 0.4) is 0 Å². The third-order valence-electron chi connectivity index (χ3n) is 3.14. The van der Waals surface area contributed by atoms with E-state index in [0.29, 0.717) is 6.04 Å². The van der Waals surface area contributed by atoms with Crippen LogP contribution in [-0.2, 0) is 4.79 Å². The van der Waals surface area contributed by atoms with Crippen molar-refractivity contribution in [1.82, 2.24) is 5.32 Å². The highest BCUT2D eigenvalue weighted by molar-refractivity contribution is 5.78. The Hall–Kier alpha value is -1.04. The Morgan fingerprint density at radius 3 is 2.62 bits per heavy atom. The fourth-order valence-electron chi connectivity index (χ4n) is 2.12. The highest BCUT2D eigenvalue weighted by Crippen LogP contribution is 2.46. The smallest absolute Gasteiger partial charge is 0.234 e. The lowest BCUT2D eigenvalue weighted by molar-refractivity contribution is -0.122. The molecule has 13 heavy (non-hydrogen) atoms. The largest absolute Gasteiger partial charge is 0.352 e. The molecule has 2 aliphatic rings. The van der Waals surface area contributed by atoms with Crippen molar-refractivity contribution < 1.29 is 4.79 Å². The summed E-state index contributed by atoms with van der Waals surface area (Å²) in [5.74, 6) is 1.50. The van der Waals surface area contributed by atoms with E-state index in [0.717, 1.165) is 18.3 Å². The van der Waals surface area contributed by atoms with Gasteiger partial charge in [-0.15, -0.1) is 0 Å². The summed E-state index contributed by atoms with van der Waals surface area (Å²) in [6, 6.07) is 2.25. The summed E-state index contributed by atoms with van der Waals surface area (Å²) in [6.45, 7) is 0. The number of carbonyl (C=O) groups is 1. The molecular formula is C10H14N2O. The summed E-state index contributed by atoms with van der Waals surface area (Å²) in [5, 5.41) is 11.2. The van der Waals surface area contributed by atoms with E-state index in [9.17, 15) is 4.79 Å². The molecule has 2 aliphatic carbocycles. The van der Waals surface area contributed by atoms with E-state index < -0.39 is 0 Å². The monoisotopic (exact) mass is 178 g/mol. The van der Waals surface area contributed by atoms with Crippen molar-refractivity contribution in [2.45, 2.75) is 38.1 Å². The Morgan fingerprint density at radius 1 is 1.38 bits per heavy atom. The molecule has 70 valence electrons. The van der Waals surface area contributed by atoms with E-state index in [1.165, 1.54) is 19.3 Å². The van der Waals surface area contributed by atoms with E-state index in [2.05, 4.69) is 5.32 Å². The number of nitrogens with zero attached hydrogens (tertiary/aromatic N) is 1. The third-order valence-corrected chi connectivity index (χ3v) is 3.14. The Bertz CT molecular complexity index is 252. The van der Waals surface area contributed by atoms with Gasteiger partial charge in [-0.05, 0) is 37.5 Å². The molecule has 0 aromatic heterocycles. The second-order valence-corrected chi connectivity index (χ2v) is 4.09. The molecule has 0 spiro atoms. The minimum Gasteiger partial charge on any atom is -0.352 e. The maximum absolute atomic E-state index is 11.1. The van der Waals surface area contributed by atoms with E-state index in [-0.39, 0.29) is 12.3 Å². The number of carbonyl (C=O) groups excluding carboxylic acids is 1. The zero-order chi connectivity index (χ0) is 9.26. The summed E-state index contributed by atoms with van der Waals surface area (Å²) < 4.78 is 0. The Labute approximate surface area is 78.1 Å². The lowest BCUT2D eigenvalue weighted by atomic mass is 9.76. The zero-order valence-electron chi connectivity index (χ0n) is 7.62. The summed E-state index contributed by atoms with van der Waals surface area (Å²) in [7, 11) is 0. The maximum atomic E-state index is 11.1. The summed E-state index contributed by atoms with van der Waals surface area (Å²) in [4.78, 5) is 11.1. The van der Waals surface area contributed by atoms with Gasteiger partial charge in [-0.25, -0.2) is 0 Å². The molecule has 0 aromatic carbocycles. The molecule has 2 unspecified atom stereocenters. The van der Waals surface area contributed by atoms with Crippen molar-refractivity contribution in [3.05, 3.63) is 0 Å². The van der Waals surface area contributed by atoms with Crippen LogP contribution in [0.5, 0.6) is 0 Å². The van der Waals surface area contributed by atoms with Crippen LogP contribution >= 0.6 is 0 Å². The van der Waals surface area contributed by atoms with Gasteiger partial charge in [-0.1, -0.05) is 0 Å². The van der Waals surface area contributed by atoms with Crippen LogP contribution in [0.1, 0.15) is 32.1 Å². The molecule has 2 fully saturated rings. The van der Waals surface area contributed by atoms with E-state index in [1.807, 2.05) is 6.07 Å². The van der Waals surface area contributed by atoms with Crippen LogP contribution in [-0.4, -0.2) is 11.9 Å². The topological polar surface area (TPSA) is 52.9 Å². The van der Waals surface area contributed by atoms with Crippen molar-refractivity contribution in [3.63, 3.8) is 0 Å². The lowest BCUT2D eigenvalue weighted by Crippen LogP contribution is -2.47. The molecule has 3 heteroatoms. The van der Waals surface area contributed by atoms with Crippen molar-refractivity contribution in [3.8, 4) is 6.07 Å². The number of rotatable bonds is 3. The van der Waals surface area contributed by atoms with E-state index in [1.54, 1.807) is 0 Å². The van der Waals surface area contributed by atoms with Gasteiger partial charge in [-0.3, -0.25) is 4.79 Å². The number of nitrogens with one attached hydrogen (secondary N) is 1. The molecule has 3 nitrogen and oxygen atoms in total. The fourth-order valence-corrected chi connectivity index (χ4v) is 2.12. The summed E-state index contributed by atoms with van der Waals surface area (Å²) >= 11 is 0. The van der Waals surface area contributed by atoms with Gasteiger partial charge in [0.15, 0.2) is 0 Å². The number of nitriles is 1. The molecule has 2 rings (SSSR count). The highest BCUT2D eigenvalue weighted by Gasteiger charge is 2.42. The van der Waals surface area contributed by atoms with Crippen LogP contribution in [0.25, 0.3) is 0 Å². The number of amides is 1. The minimum atomic E-state index is -0.0992. The van der Waals surface area contributed by atoms with Gasteiger partial charge in [0.2, 0.25) is 5.91 Å². The SMILES string of the molecule is N#CCC(=O)NC1CCC1C1CC1. The quantitative estimate of drug-likeness (QED) is 0.706. The third kappa shape index (κ3) is 1.82. The van der Waals surface area contributed by atoms with E-state index >= 15 is 0 Å². The lowest BCUT2D eigenvalue weighted by Gasteiger charge is -2.37. The summed E-state index contributed by atoms with van der Waals surface area (Å²) in [6.07, 6.45) is 5.07. The van der Waals surface area contributed by atoms with Gasteiger partial charge in [-0.2, -0.15) is 5.26 Å². The van der Waals surface area contributed by atoms with Gasteiger partial charge in [0.25, 0.3) is 0 Å². The molecule has 0 aromatic rings. The maximum Gasteiger partial charge on any atom is 0.234 e. The van der Waals surface area contributed by atoms with Crippen molar-refractivity contribution in [1.29, 1.82) is 5.26 Å². The van der Waals surface area contributed by atoms with Crippen molar-refractivity contribution >= 4 is 5.91 Å². The molecule has 0 aliphatic heterocycles. The predicted octanol–water partition coefficient (Wildman–Crippen LogP) is 1.20. The first-order valence-electron chi connectivity index (χ1n) is 4.97. The van der Waals surface area contributed by atoms with Gasteiger partial charge >= 0.3 is 0 Å². The Balaban J connectivity index is 1.75. The highest BCUT2D eigenvalue weighted by atomic mass is 16.1. The molecule has 1 N–H and O–H groups in total. The molecule has 2 atom stereocenters. The van der Waals surface area contributed by atoms with Crippen LogP contribution < -0.4 is 5.32 Å². The van der Waals surface area contributed by atoms with Crippen LogP contribution in [0.15, 0.2) is 0 Å². The molecule has 1 amide bonds. The van der Waals surface area contributed by atoms with Gasteiger partial charge in [0.1, 0.15) is 6.42 Å². The Kier molecular flexibility index (Phi) is 2.22. The first-order chi connectivity index (χ1) is 6.31. The average Bonchev–Trinajstić information content (AvgIpc) is 2.83. The molecule has 0 heterocycles. The molecule has 0 radical (unpaired) electrons. The number of hydrogen-bond acceptors (Lipinski definition) is 2.